The van der Waals surface area contributed by atoms with Gasteiger partial charge in [0.05, 0.1) is 17.8 Å². The van der Waals surface area contributed by atoms with E-state index in [2.05, 4.69) is 0 Å². The van der Waals surface area contributed by atoms with Gasteiger partial charge in [0.25, 0.3) is 0 Å². The van der Waals surface area contributed by atoms with Gasteiger partial charge in [0.1, 0.15) is 0 Å². The molecule has 0 unspecified atom stereocenters. The molecule has 1 heterocycles. The predicted molar refractivity (Wildman–Crippen MR) is 88.2 cm³/mol. The highest BCUT2D eigenvalue weighted by molar-refractivity contribution is 6.07. The SMILES string of the molecule is C[C@@H]1C=C[C@@H]2C(=O)N(C)C(=O)[C@@H]2[C@H]1C(=O)OCC(=O)c1ccc(F)c(F)c1. The van der Waals surface area contributed by atoms with Crippen molar-refractivity contribution < 1.29 is 32.7 Å². The van der Waals surface area contributed by atoms with Crippen LogP contribution in [0.5, 0.6) is 0 Å². The first-order chi connectivity index (χ1) is 12.7. The third-order valence-corrected chi connectivity index (χ3v) is 5.05. The summed E-state index contributed by atoms with van der Waals surface area (Å²) in [6.45, 7) is 1.04. The molecular formula is C19H17F2NO5. The zero-order valence-corrected chi connectivity index (χ0v) is 14.6. The van der Waals surface area contributed by atoms with E-state index in [1.165, 1.54) is 7.05 Å². The van der Waals surface area contributed by atoms with E-state index in [0.29, 0.717) is 0 Å². The molecule has 1 aromatic rings. The molecule has 4 atom stereocenters. The number of carbonyl (C=O) groups excluding carboxylic acids is 4. The lowest BCUT2D eigenvalue weighted by Crippen LogP contribution is -2.39. The molecule has 3 rings (SSSR count). The Balaban J connectivity index is 1.72. The summed E-state index contributed by atoms with van der Waals surface area (Å²) < 4.78 is 31.2. The molecule has 8 heteroatoms. The molecule has 0 aromatic heterocycles. The average molecular weight is 377 g/mol. The molecular weight excluding hydrogens is 360 g/mol. The van der Waals surface area contributed by atoms with Crippen molar-refractivity contribution in [2.45, 2.75) is 6.92 Å². The number of carbonyl (C=O) groups is 4. The molecule has 2 amide bonds. The highest BCUT2D eigenvalue weighted by atomic mass is 19.2. The number of ketones is 1. The standard InChI is InChI=1S/C19H17F2NO5/c1-9-3-5-11-16(18(25)22(2)17(11)24)15(9)19(26)27-8-14(23)10-4-6-12(20)13(21)7-10/h3-7,9,11,15-16H,8H2,1-2H3/t9-,11+,15+,16+/m1/s1. The lowest BCUT2D eigenvalue weighted by Gasteiger charge is -2.29. The summed E-state index contributed by atoms with van der Waals surface area (Å²) in [5.41, 5.74) is -0.136. The van der Waals surface area contributed by atoms with Crippen LogP contribution in [0.4, 0.5) is 8.78 Å². The van der Waals surface area contributed by atoms with Crippen LogP contribution in [0.3, 0.4) is 0 Å². The molecule has 27 heavy (non-hydrogen) atoms. The van der Waals surface area contributed by atoms with Crippen LogP contribution in [0.15, 0.2) is 30.4 Å². The van der Waals surface area contributed by atoms with Crippen LogP contribution in [-0.4, -0.2) is 42.1 Å². The molecule has 2 aliphatic rings. The van der Waals surface area contributed by atoms with Crippen molar-refractivity contribution in [3.8, 4) is 0 Å². The van der Waals surface area contributed by atoms with Gasteiger partial charge in [0.15, 0.2) is 24.0 Å². The molecule has 0 bridgehead atoms. The molecule has 142 valence electrons. The zero-order chi connectivity index (χ0) is 19.9. The van der Waals surface area contributed by atoms with Gasteiger partial charge in [-0.05, 0) is 24.1 Å². The maximum absolute atomic E-state index is 13.2. The zero-order valence-electron chi connectivity index (χ0n) is 14.6. The Hall–Kier alpha value is -2.90. The van der Waals surface area contributed by atoms with E-state index < -0.39 is 53.7 Å². The van der Waals surface area contributed by atoms with Gasteiger partial charge in [-0.3, -0.25) is 24.1 Å². The van der Waals surface area contributed by atoms with Gasteiger partial charge < -0.3 is 4.74 Å². The number of halogens is 2. The van der Waals surface area contributed by atoms with E-state index in [-0.39, 0.29) is 17.4 Å². The quantitative estimate of drug-likeness (QED) is 0.346. The Bertz CT molecular complexity index is 866. The number of ether oxygens (including phenoxy) is 1. The van der Waals surface area contributed by atoms with E-state index in [9.17, 15) is 28.0 Å². The number of hydrogen-bond acceptors (Lipinski definition) is 5. The highest BCUT2D eigenvalue weighted by Crippen LogP contribution is 2.41. The molecule has 1 aliphatic carbocycles. The number of esters is 1. The fourth-order valence-electron chi connectivity index (χ4n) is 3.53. The van der Waals surface area contributed by atoms with E-state index in [1.54, 1.807) is 19.1 Å². The van der Waals surface area contributed by atoms with Crippen LogP contribution in [0, 0.1) is 35.3 Å². The van der Waals surface area contributed by atoms with Crippen LogP contribution in [0.1, 0.15) is 17.3 Å². The number of amides is 2. The molecule has 1 fully saturated rings. The van der Waals surface area contributed by atoms with Crippen molar-refractivity contribution in [2.24, 2.45) is 23.7 Å². The maximum Gasteiger partial charge on any atom is 0.310 e. The van der Waals surface area contributed by atoms with Gasteiger partial charge in [0, 0.05) is 12.6 Å². The number of benzene rings is 1. The third kappa shape index (κ3) is 3.27. The van der Waals surface area contributed by atoms with Gasteiger partial charge in [0.2, 0.25) is 11.8 Å². The number of nitrogens with zero attached hydrogens (tertiary/aromatic N) is 1. The number of fused-ring (bicyclic) bond motifs is 1. The van der Waals surface area contributed by atoms with Crippen molar-refractivity contribution in [1.29, 1.82) is 0 Å². The van der Waals surface area contributed by atoms with Crippen molar-refractivity contribution >= 4 is 23.6 Å². The van der Waals surface area contributed by atoms with Crippen molar-refractivity contribution in [3.63, 3.8) is 0 Å². The van der Waals surface area contributed by atoms with E-state index in [0.717, 1.165) is 23.1 Å². The van der Waals surface area contributed by atoms with Crippen LogP contribution in [0.2, 0.25) is 0 Å². The lowest BCUT2D eigenvalue weighted by atomic mass is 9.72. The Morgan fingerprint density at radius 3 is 2.48 bits per heavy atom. The summed E-state index contributed by atoms with van der Waals surface area (Å²) in [5, 5.41) is 0. The summed E-state index contributed by atoms with van der Waals surface area (Å²) in [6.07, 6.45) is 3.30. The number of hydrogen-bond donors (Lipinski definition) is 0. The maximum atomic E-state index is 13.2. The Morgan fingerprint density at radius 1 is 1.11 bits per heavy atom. The second-order valence-corrected chi connectivity index (χ2v) is 6.72. The van der Waals surface area contributed by atoms with Crippen molar-refractivity contribution in [1.82, 2.24) is 4.90 Å². The second-order valence-electron chi connectivity index (χ2n) is 6.72. The molecule has 0 N–H and O–H groups in total. The monoisotopic (exact) mass is 377 g/mol. The van der Waals surface area contributed by atoms with E-state index in [1.807, 2.05) is 0 Å². The fourth-order valence-corrected chi connectivity index (χ4v) is 3.53. The first-order valence-electron chi connectivity index (χ1n) is 8.37. The number of imide groups is 1. The van der Waals surface area contributed by atoms with E-state index in [4.69, 9.17) is 4.74 Å². The van der Waals surface area contributed by atoms with Gasteiger partial charge in [-0.25, -0.2) is 8.78 Å². The minimum Gasteiger partial charge on any atom is -0.457 e. The molecule has 1 saturated heterocycles. The summed E-state index contributed by atoms with van der Waals surface area (Å²) in [4.78, 5) is 50.1. The summed E-state index contributed by atoms with van der Waals surface area (Å²) >= 11 is 0. The topological polar surface area (TPSA) is 80.8 Å². The van der Waals surface area contributed by atoms with Gasteiger partial charge in [-0.15, -0.1) is 0 Å². The predicted octanol–water partition coefficient (Wildman–Crippen LogP) is 1.74. The van der Waals surface area contributed by atoms with Crippen LogP contribution >= 0.6 is 0 Å². The summed E-state index contributed by atoms with van der Waals surface area (Å²) in [7, 11) is 1.36. The number of allylic oxidation sites excluding steroid dienone is 1. The minimum absolute atomic E-state index is 0.136. The Morgan fingerprint density at radius 2 is 1.81 bits per heavy atom. The molecule has 1 aromatic carbocycles. The number of Topliss-reactive ketones (excluding diaryl/α,β-unsaturated/α-hetero) is 1. The normalized spacial score (nSPS) is 26.9. The number of likely N-dealkylation sites (tertiary alicyclic amines) is 1. The summed E-state index contributed by atoms with van der Waals surface area (Å²) in [5.74, 6) is -7.46. The molecule has 0 spiro atoms. The van der Waals surface area contributed by atoms with Crippen LogP contribution < -0.4 is 0 Å². The van der Waals surface area contributed by atoms with E-state index >= 15 is 0 Å². The largest absolute Gasteiger partial charge is 0.457 e. The molecule has 6 nitrogen and oxygen atoms in total. The fraction of sp³-hybridized carbons (Fsp3) is 0.368. The Labute approximate surface area is 153 Å². The first-order valence-corrected chi connectivity index (χ1v) is 8.37. The van der Waals surface area contributed by atoms with Crippen molar-refractivity contribution in [2.75, 3.05) is 13.7 Å². The van der Waals surface area contributed by atoms with Gasteiger partial charge >= 0.3 is 5.97 Å². The van der Waals surface area contributed by atoms with Crippen molar-refractivity contribution in [3.05, 3.63) is 47.5 Å². The van der Waals surface area contributed by atoms with Crippen LogP contribution in [-0.2, 0) is 19.1 Å². The number of rotatable bonds is 4. The smallest absolute Gasteiger partial charge is 0.310 e. The lowest BCUT2D eigenvalue weighted by molar-refractivity contribution is -0.154. The van der Waals surface area contributed by atoms with Gasteiger partial charge in [-0.2, -0.15) is 0 Å². The minimum atomic E-state index is -1.18. The highest BCUT2D eigenvalue weighted by Gasteiger charge is 2.53. The first kappa shape index (κ1) is 18.9. The molecule has 1 aliphatic heterocycles. The average Bonchev–Trinajstić information content (AvgIpc) is 2.86. The van der Waals surface area contributed by atoms with Crippen LogP contribution in [0.25, 0.3) is 0 Å². The summed E-state index contributed by atoms with van der Waals surface area (Å²) in [6, 6.07) is 2.62. The second kappa shape index (κ2) is 7.02. The Kier molecular flexibility index (Phi) is 4.91. The van der Waals surface area contributed by atoms with Gasteiger partial charge in [-0.1, -0.05) is 19.1 Å². The third-order valence-electron chi connectivity index (χ3n) is 5.05. The molecule has 0 radical (unpaired) electrons. The molecule has 0 saturated carbocycles.